The summed E-state index contributed by atoms with van der Waals surface area (Å²) < 4.78 is 5.54. The largest absolute Gasteiger partial charge is 0.382 e. The number of aromatic nitrogens is 1. The molecule has 2 saturated heterocycles. The average Bonchev–Trinajstić information content (AvgIpc) is 3.19. The van der Waals surface area contributed by atoms with Crippen molar-refractivity contribution in [1.29, 1.82) is 0 Å². The van der Waals surface area contributed by atoms with Gasteiger partial charge in [0.15, 0.2) is 5.13 Å². The van der Waals surface area contributed by atoms with Gasteiger partial charge >= 0.3 is 0 Å². The molecule has 1 aromatic heterocycles. The molecule has 3 rings (SSSR count). The number of rotatable bonds is 5. The Morgan fingerprint density at radius 3 is 2.95 bits per heavy atom. The van der Waals surface area contributed by atoms with Gasteiger partial charge in [-0.1, -0.05) is 11.3 Å². The Bertz CT molecular complexity index is 493. The normalized spacial score (nSPS) is 21.9. The van der Waals surface area contributed by atoms with Crippen molar-refractivity contribution in [3.05, 3.63) is 4.88 Å². The van der Waals surface area contributed by atoms with Crippen LogP contribution in [0.3, 0.4) is 0 Å². The molecule has 6 nitrogen and oxygen atoms in total. The van der Waals surface area contributed by atoms with E-state index in [-0.39, 0.29) is 5.91 Å². The Morgan fingerprint density at radius 2 is 2.24 bits per heavy atom. The Morgan fingerprint density at radius 1 is 1.43 bits per heavy atom. The molecule has 0 spiro atoms. The van der Waals surface area contributed by atoms with Crippen LogP contribution in [0, 0.1) is 0 Å². The molecule has 3 heterocycles. The Kier molecular flexibility index (Phi) is 4.60. The standard InChI is InChI=1S/C14H22N4O2S/c15-12-11(21-14(17-12)18-7-1-2-8-18)13(19)16-6-5-10-4-3-9-20-10/h10H,1-9,15H2,(H,16,19). The molecular weight excluding hydrogens is 288 g/mol. The Labute approximate surface area is 128 Å². The van der Waals surface area contributed by atoms with E-state index < -0.39 is 0 Å². The maximum atomic E-state index is 12.2. The van der Waals surface area contributed by atoms with Crippen molar-refractivity contribution in [1.82, 2.24) is 10.3 Å². The van der Waals surface area contributed by atoms with Crippen molar-refractivity contribution < 1.29 is 9.53 Å². The molecule has 0 bridgehead atoms. The summed E-state index contributed by atoms with van der Waals surface area (Å²) in [5, 5.41) is 3.79. The number of nitrogens with zero attached hydrogens (tertiary/aromatic N) is 2. The summed E-state index contributed by atoms with van der Waals surface area (Å²) >= 11 is 1.39. The molecule has 116 valence electrons. The van der Waals surface area contributed by atoms with Gasteiger partial charge in [-0.2, -0.15) is 0 Å². The predicted octanol–water partition coefficient (Wildman–Crippen LogP) is 1.62. The van der Waals surface area contributed by atoms with Gasteiger partial charge in [-0.3, -0.25) is 4.79 Å². The van der Waals surface area contributed by atoms with Gasteiger partial charge in [-0.15, -0.1) is 0 Å². The fraction of sp³-hybridized carbons (Fsp3) is 0.714. The predicted molar refractivity (Wildman–Crippen MR) is 83.9 cm³/mol. The molecule has 1 unspecified atom stereocenters. The third-order valence-corrected chi connectivity index (χ3v) is 5.13. The van der Waals surface area contributed by atoms with Gasteiger partial charge in [0.05, 0.1) is 6.10 Å². The molecular formula is C14H22N4O2S. The lowest BCUT2D eigenvalue weighted by Crippen LogP contribution is -2.27. The maximum absolute atomic E-state index is 12.2. The lowest BCUT2D eigenvalue weighted by molar-refractivity contribution is 0.0911. The highest BCUT2D eigenvalue weighted by Crippen LogP contribution is 2.30. The lowest BCUT2D eigenvalue weighted by Gasteiger charge is -2.12. The monoisotopic (exact) mass is 310 g/mol. The van der Waals surface area contributed by atoms with E-state index in [1.807, 2.05) is 0 Å². The van der Waals surface area contributed by atoms with Crippen LogP contribution in [0.1, 0.15) is 41.8 Å². The third-order valence-electron chi connectivity index (χ3n) is 4.00. The van der Waals surface area contributed by atoms with Gasteiger partial charge in [-0.25, -0.2) is 4.98 Å². The van der Waals surface area contributed by atoms with Gasteiger partial charge in [-0.05, 0) is 32.1 Å². The summed E-state index contributed by atoms with van der Waals surface area (Å²) in [6.45, 7) is 3.49. The summed E-state index contributed by atoms with van der Waals surface area (Å²) in [4.78, 5) is 19.3. The number of ether oxygens (including phenoxy) is 1. The van der Waals surface area contributed by atoms with E-state index in [9.17, 15) is 4.79 Å². The van der Waals surface area contributed by atoms with E-state index in [0.717, 1.165) is 44.1 Å². The van der Waals surface area contributed by atoms with Crippen molar-refractivity contribution in [2.75, 3.05) is 36.9 Å². The van der Waals surface area contributed by atoms with Crippen LogP contribution in [0.15, 0.2) is 0 Å². The van der Waals surface area contributed by atoms with Crippen LogP contribution in [0.4, 0.5) is 10.9 Å². The number of hydrogen-bond acceptors (Lipinski definition) is 6. The van der Waals surface area contributed by atoms with E-state index in [0.29, 0.717) is 23.3 Å². The molecule has 3 N–H and O–H groups in total. The number of amides is 1. The molecule has 0 aromatic carbocycles. The number of nitrogen functional groups attached to an aromatic ring is 1. The summed E-state index contributed by atoms with van der Waals surface area (Å²) in [6, 6.07) is 0. The molecule has 2 aliphatic heterocycles. The highest BCUT2D eigenvalue weighted by Gasteiger charge is 2.22. The molecule has 0 saturated carbocycles. The van der Waals surface area contributed by atoms with Crippen LogP contribution in [0.25, 0.3) is 0 Å². The second-order valence-electron chi connectivity index (χ2n) is 5.58. The second-order valence-corrected chi connectivity index (χ2v) is 6.56. The maximum Gasteiger partial charge on any atom is 0.265 e. The topological polar surface area (TPSA) is 80.5 Å². The number of carbonyl (C=O) groups excluding carboxylic acids is 1. The zero-order valence-electron chi connectivity index (χ0n) is 12.1. The minimum absolute atomic E-state index is 0.117. The number of nitrogens with two attached hydrogens (primary N) is 1. The van der Waals surface area contributed by atoms with Crippen LogP contribution in [0.2, 0.25) is 0 Å². The zero-order chi connectivity index (χ0) is 14.7. The first-order chi connectivity index (χ1) is 10.2. The minimum atomic E-state index is -0.117. The Hall–Kier alpha value is -1.34. The molecule has 21 heavy (non-hydrogen) atoms. The highest BCUT2D eigenvalue weighted by atomic mass is 32.1. The van der Waals surface area contributed by atoms with Crippen LogP contribution < -0.4 is 16.0 Å². The van der Waals surface area contributed by atoms with E-state index >= 15 is 0 Å². The van der Waals surface area contributed by atoms with Gasteiger partial charge in [0.1, 0.15) is 10.7 Å². The zero-order valence-corrected chi connectivity index (χ0v) is 13.0. The van der Waals surface area contributed by atoms with E-state index in [1.54, 1.807) is 0 Å². The van der Waals surface area contributed by atoms with Crippen LogP contribution in [-0.2, 0) is 4.74 Å². The van der Waals surface area contributed by atoms with Crippen molar-refractivity contribution in [2.24, 2.45) is 0 Å². The van der Waals surface area contributed by atoms with Gasteiger partial charge < -0.3 is 20.7 Å². The average molecular weight is 310 g/mol. The fourth-order valence-corrected chi connectivity index (χ4v) is 3.78. The summed E-state index contributed by atoms with van der Waals surface area (Å²) in [7, 11) is 0. The quantitative estimate of drug-likeness (QED) is 0.864. The van der Waals surface area contributed by atoms with Crippen LogP contribution >= 0.6 is 11.3 Å². The molecule has 7 heteroatoms. The molecule has 0 radical (unpaired) electrons. The lowest BCUT2D eigenvalue weighted by atomic mass is 10.2. The van der Waals surface area contributed by atoms with Gasteiger partial charge in [0.25, 0.3) is 5.91 Å². The van der Waals surface area contributed by atoms with Crippen LogP contribution in [0.5, 0.6) is 0 Å². The molecule has 0 aliphatic carbocycles. The molecule has 1 atom stereocenters. The fourth-order valence-electron chi connectivity index (χ4n) is 2.83. The number of hydrogen-bond donors (Lipinski definition) is 2. The number of thiazole rings is 1. The van der Waals surface area contributed by atoms with Crippen LogP contribution in [-0.4, -0.2) is 43.2 Å². The number of nitrogens with one attached hydrogen (secondary N) is 1. The first-order valence-electron chi connectivity index (χ1n) is 7.65. The van der Waals surface area contributed by atoms with Gasteiger partial charge in [0.2, 0.25) is 0 Å². The van der Waals surface area contributed by atoms with Crippen molar-refractivity contribution in [3.63, 3.8) is 0 Å². The molecule has 2 fully saturated rings. The van der Waals surface area contributed by atoms with Gasteiger partial charge in [0, 0.05) is 26.2 Å². The van der Waals surface area contributed by atoms with E-state index in [1.165, 1.54) is 24.2 Å². The summed E-state index contributed by atoms with van der Waals surface area (Å²) in [6.07, 6.45) is 5.75. The second kappa shape index (κ2) is 6.62. The number of anilines is 2. The molecule has 2 aliphatic rings. The van der Waals surface area contributed by atoms with Crippen molar-refractivity contribution in [3.8, 4) is 0 Å². The van der Waals surface area contributed by atoms with Crippen molar-refractivity contribution in [2.45, 2.75) is 38.2 Å². The first kappa shape index (κ1) is 14.6. The number of carbonyl (C=O) groups is 1. The molecule has 1 amide bonds. The highest BCUT2D eigenvalue weighted by molar-refractivity contribution is 7.18. The first-order valence-corrected chi connectivity index (χ1v) is 8.47. The van der Waals surface area contributed by atoms with E-state index in [2.05, 4.69) is 15.2 Å². The van der Waals surface area contributed by atoms with Crippen molar-refractivity contribution >= 4 is 28.2 Å². The molecule has 1 aromatic rings. The smallest absolute Gasteiger partial charge is 0.265 e. The Balaban J connectivity index is 1.53. The summed E-state index contributed by atoms with van der Waals surface area (Å²) in [5.74, 6) is 0.227. The summed E-state index contributed by atoms with van der Waals surface area (Å²) in [5.41, 5.74) is 5.89. The van der Waals surface area contributed by atoms with E-state index in [4.69, 9.17) is 10.5 Å². The SMILES string of the molecule is Nc1nc(N2CCCC2)sc1C(=O)NCCC1CCCO1. The third kappa shape index (κ3) is 3.47. The minimum Gasteiger partial charge on any atom is -0.382 e.